The number of fused-ring (bicyclic) bond motifs is 1. The molecule has 0 amide bonds. The quantitative estimate of drug-likeness (QED) is 0.890. The average Bonchev–Trinajstić information content (AvgIpc) is 2.47. The molecule has 0 aromatic heterocycles. The summed E-state index contributed by atoms with van der Waals surface area (Å²) in [5, 5.41) is 0. The summed E-state index contributed by atoms with van der Waals surface area (Å²) in [7, 11) is 0. The summed E-state index contributed by atoms with van der Waals surface area (Å²) in [4.78, 5) is 2.12. The van der Waals surface area contributed by atoms with Crippen molar-refractivity contribution in [1.82, 2.24) is 0 Å². The summed E-state index contributed by atoms with van der Waals surface area (Å²) in [6.45, 7) is 4.05. The Balaban J connectivity index is 2.21. The molecule has 0 aliphatic carbocycles. The first-order valence-corrected chi connectivity index (χ1v) is 7.50. The van der Waals surface area contributed by atoms with Gasteiger partial charge in [0.1, 0.15) is 5.82 Å². The van der Waals surface area contributed by atoms with Gasteiger partial charge in [0.05, 0.1) is 5.69 Å². The molecular formula is C18H21FN2. The predicted molar refractivity (Wildman–Crippen MR) is 85.4 cm³/mol. The Labute approximate surface area is 125 Å². The van der Waals surface area contributed by atoms with Gasteiger partial charge in [-0.3, -0.25) is 0 Å². The first-order valence-electron chi connectivity index (χ1n) is 7.50. The maximum Gasteiger partial charge on any atom is 0.147 e. The molecule has 0 saturated carbocycles. The highest BCUT2D eigenvalue weighted by atomic mass is 19.1. The molecule has 1 unspecified atom stereocenters. The van der Waals surface area contributed by atoms with Crippen molar-refractivity contribution >= 4 is 11.4 Å². The number of benzene rings is 2. The molecule has 1 heterocycles. The first kappa shape index (κ1) is 14.1. The fourth-order valence-corrected chi connectivity index (χ4v) is 3.18. The Bertz CT molecular complexity index is 651. The van der Waals surface area contributed by atoms with Crippen LogP contribution >= 0.6 is 0 Å². The van der Waals surface area contributed by atoms with Crippen LogP contribution in [0.15, 0.2) is 42.5 Å². The van der Waals surface area contributed by atoms with Crippen LogP contribution in [0.1, 0.15) is 37.4 Å². The van der Waals surface area contributed by atoms with Gasteiger partial charge < -0.3 is 10.6 Å². The second-order valence-electron chi connectivity index (χ2n) is 5.85. The van der Waals surface area contributed by atoms with Gasteiger partial charge in [0.2, 0.25) is 0 Å². The standard InChI is InChI=1S/C18H21FN2/c1-12-10-11-14-6-3-4-9-17(14)21(12)18-15(13(2)20)7-5-8-16(18)19/h3-9,12-13H,10-11,20H2,1-2H3/t12?,13-/m0/s1. The van der Waals surface area contributed by atoms with E-state index in [4.69, 9.17) is 5.73 Å². The Morgan fingerprint density at radius 1 is 1.19 bits per heavy atom. The Morgan fingerprint density at radius 3 is 2.71 bits per heavy atom. The lowest BCUT2D eigenvalue weighted by Gasteiger charge is -2.38. The van der Waals surface area contributed by atoms with Crippen LogP contribution in [0.5, 0.6) is 0 Å². The van der Waals surface area contributed by atoms with Crippen LogP contribution in [0.3, 0.4) is 0 Å². The zero-order valence-corrected chi connectivity index (χ0v) is 12.5. The fourth-order valence-electron chi connectivity index (χ4n) is 3.18. The molecule has 1 aliphatic rings. The molecule has 0 fully saturated rings. The van der Waals surface area contributed by atoms with E-state index >= 15 is 0 Å². The zero-order valence-electron chi connectivity index (χ0n) is 12.5. The van der Waals surface area contributed by atoms with Crippen molar-refractivity contribution in [2.75, 3.05) is 4.90 Å². The number of anilines is 2. The first-order chi connectivity index (χ1) is 10.1. The monoisotopic (exact) mass is 284 g/mol. The summed E-state index contributed by atoms with van der Waals surface area (Å²) in [6, 6.07) is 13.5. The molecular weight excluding hydrogens is 263 g/mol. The summed E-state index contributed by atoms with van der Waals surface area (Å²) in [6.07, 6.45) is 2.06. The molecule has 0 saturated heterocycles. The van der Waals surface area contributed by atoms with E-state index in [1.165, 1.54) is 11.6 Å². The molecule has 0 bridgehead atoms. The van der Waals surface area contributed by atoms with Crippen LogP contribution in [0.4, 0.5) is 15.8 Å². The van der Waals surface area contributed by atoms with Gasteiger partial charge in [-0.25, -0.2) is 4.39 Å². The van der Waals surface area contributed by atoms with Crippen LogP contribution < -0.4 is 10.6 Å². The maximum absolute atomic E-state index is 14.6. The highest BCUT2D eigenvalue weighted by Gasteiger charge is 2.28. The molecule has 2 aromatic carbocycles. The van der Waals surface area contributed by atoms with Gasteiger partial charge in [-0.2, -0.15) is 0 Å². The average molecular weight is 284 g/mol. The molecule has 2 nitrogen and oxygen atoms in total. The second-order valence-corrected chi connectivity index (χ2v) is 5.85. The van der Waals surface area contributed by atoms with Gasteiger partial charge in [0.15, 0.2) is 0 Å². The molecule has 2 N–H and O–H groups in total. The molecule has 110 valence electrons. The Morgan fingerprint density at radius 2 is 1.95 bits per heavy atom. The van der Waals surface area contributed by atoms with Gasteiger partial charge >= 0.3 is 0 Å². The number of nitrogens with two attached hydrogens (primary N) is 1. The molecule has 1 aliphatic heterocycles. The van der Waals surface area contributed by atoms with Gasteiger partial charge in [0.25, 0.3) is 0 Å². The van der Waals surface area contributed by atoms with Crippen molar-refractivity contribution in [2.24, 2.45) is 5.73 Å². The van der Waals surface area contributed by atoms with Crippen molar-refractivity contribution in [3.8, 4) is 0 Å². The van der Waals surface area contributed by atoms with Crippen molar-refractivity contribution < 1.29 is 4.39 Å². The van der Waals surface area contributed by atoms with Gasteiger partial charge in [-0.15, -0.1) is 0 Å². The minimum absolute atomic E-state index is 0.197. The lowest BCUT2D eigenvalue weighted by atomic mass is 9.94. The SMILES string of the molecule is CC1CCc2ccccc2N1c1c(F)cccc1[C@H](C)N. The van der Waals surface area contributed by atoms with Crippen LogP contribution in [-0.2, 0) is 6.42 Å². The fraction of sp³-hybridized carbons (Fsp3) is 0.333. The molecule has 2 aromatic rings. The number of rotatable bonds is 2. The summed E-state index contributed by atoms with van der Waals surface area (Å²) < 4.78 is 14.6. The number of aryl methyl sites for hydroxylation is 1. The van der Waals surface area contributed by atoms with Crippen molar-refractivity contribution in [2.45, 2.75) is 38.8 Å². The molecule has 0 radical (unpaired) electrons. The van der Waals surface area contributed by atoms with Gasteiger partial charge in [0, 0.05) is 17.8 Å². The van der Waals surface area contributed by atoms with E-state index in [9.17, 15) is 4.39 Å². The van der Waals surface area contributed by atoms with E-state index in [1.54, 1.807) is 6.07 Å². The number of hydrogen-bond acceptors (Lipinski definition) is 2. The third-order valence-corrected chi connectivity index (χ3v) is 4.27. The minimum Gasteiger partial charge on any atom is -0.336 e. The Kier molecular flexibility index (Phi) is 3.68. The van der Waals surface area contributed by atoms with E-state index < -0.39 is 0 Å². The molecule has 2 atom stereocenters. The van der Waals surface area contributed by atoms with Crippen LogP contribution in [-0.4, -0.2) is 6.04 Å². The third-order valence-electron chi connectivity index (χ3n) is 4.27. The summed E-state index contributed by atoms with van der Waals surface area (Å²) >= 11 is 0. The lowest BCUT2D eigenvalue weighted by molar-refractivity contribution is 0.578. The summed E-state index contributed by atoms with van der Waals surface area (Å²) in [5.41, 5.74) is 9.93. The molecule has 21 heavy (non-hydrogen) atoms. The topological polar surface area (TPSA) is 29.3 Å². The zero-order chi connectivity index (χ0) is 15.0. The molecule has 0 spiro atoms. The van der Waals surface area contributed by atoms with Crippen molar-refractivity contribution in [1.29, 1.82) is 0 Å². The van der Waals surface area contributed by atoms with E-state index in [0.29, 0.717) is 5.69 Å². The predicted octanol–water partition coefficient (Wildman–Crippen LogP) is 4.32. The van der Waals surface area contributed by atoms with Crippen LogP contribution in [0.2, 0.25) is 0 Å². The van der Waals surface area contributed by atoms with Crippen LogP contribution in [0.25, 0.3) is 0 Å². The highest BCUT2D eigenvalue weighted by molar-refractivity contribution is 5.72. The number of para-hydroxylation sites is 2. The lowest BCUT2D eigenvalue weighted by Crippen LogP contribution is -2.35. The smallest absolute Gasteiger partial charge is 0.147 e. The number of nitrogens with zero attached hydrogens (tertiary/aromatic N) is 1. The second kappa shape index (κ2) is 5.49. The third kappa shape index (κ3) is 2.42. The highest BCUT2D eigenvalue weighted by Crippen LogP contribution is 2.40. The summed E-state index contributed by atoms with van der Waals surface area (Å²) in [5.74, 6) is -0.201. The van der Waals surface area contributed by atoms with E-state index in [2.05, 4.69) is 24.0 Å². The van der Waals surface area contributed by atoms with E-state index in [1.807, 2.05) is 25.1 Å². The maximum atomic E-state index is 14.6. The van der Waals surface area contributed by atoms with Gasteiger partial charge in [-0.05, 0) is 49.9 Å². The number of halogens is 1. The van der Waals surface area contributed by atoms with E-state index in [-0.39, 0.29) is 17.9 Å². The van der Waals surface area contributed by atoms with Crippen LogP contribution in [0, 0.1) is 5.82 Å². The largest absolute Gasteiger partial charge is 0.336 e. The molecule has 3 heteroatoms. The van der Waals surface area contributed by atoms with Crippen molar-refractivity contribution in [3.63, 3.8) is 0 Å². The van der Waals surface area contributed by atoms with Crippen molar-refractivity contribution in [3.05, 3.63) is 59.4 Å². The minimum atomic E-state index is -0.201. The van der Waals surface area contributed by atoms with Gasteiger partial charge in [-0.1, -0.05) is 30.3 Å². The van der Waals surface area contributed by atoms with E-state index in [0.717, 1.165) is 24.1 Å². The normalized spacial score (nSPS) is 19.2. The molecule has 3 rings (SSSR count). The number of hydrogen-bond donors (Lipinski definition) is 1. The Hall–Kier alpha value is -1.87.